The van der Waals surface area contributed by atoms with Gasteiger partial charge in [0, 0.05) is 60.7 Å². The van der Waals surface area contributed by atoms with Gasteiger partial charge < -0.3 is 19.6 Å². The number of fused-ring (bicyclic) bond motifs is 4. The SMILES string of the molecule is CC(C)(C)OC(=O)c1ccnc2ccc(N3CC4CC4C3)cc12.O=C(O)c1ccnc2ccc(N3CC4CC4C3)cc12. The van der Waals surface area contributed by atoms with Gasteiger partial charge in [0.15, 0.2) is 0 Å². The number of carbonyl (C=O) groups excluding carboxylic acids is 1. The van der Waals surface area contributed by atoms with E-state index < -0.39 is 11.6 Å². The maximum atomic E-state index is 12.5. The third-order valence-electron chi connectivity index (χ3n) is 8.99. The van der Waals surface area contributed by atoms with Gasteiger partial charge in [-0.2, -0.15) is 0 Å². The van der Waals surface area contributed by atoms with Gasteiger partial charge >= 0.3 is 11.9 Å². The number of aromatic nitrogens is 2. The molecular formula is C34H36N4O4. The molecule has 2 saturated heterocycles. The number of carboxylic acids is 1. The first-order chi connectivity index (χ1) is 20.1. The summed E-state index contributed by atoms with van der Waals surface area (Å²) < 4.78 is 5.54. The summed E-state index contributed by atoms with van der Waals surface area (Å²) in [5.41, 5.74) is 4.31. The smallest absolute Gasteiger partial charge is 0.339 e. The number of esters is 1. The second kappa shape index (κ2) is 9.96. The van der Waals surface area contributed by atoms with Crippen LogP contribution in [-0.2, 0) is 4.74 Å². The van der Waals surface area contributed by atoms with E-state index in [0.717, 1.165) is 77.3 Å². The molecule has 2 saturated carbocycles. The lowest BCUT2D eigenvalue weighted by atomic mass is 10.1. The monoisotopic (exact) mass is 564 g/mol. The van der Waals surface area contributed by atoms with Gasteiger partial charge in [-0.3, -0.25) is 9.97 Å². The van der Waals surface area contributed by atoms with E-state index in [1.165, 1.54) is 18.5 Å². The summed E-state index contributed by atoms with van der Waals surface area (Å²) in [5, 5.41) is 10.9. The molecule has 2 aromatic heterocycles. The average molecular weight is 565 g/mol. The van der Waals surface area contributed by atoms with Crippen LogP contribution in [0.15, 0.2) is 60.9 Å². The number of hydrogen-bond acceptors (Lipinski definition) is 7. The molecule has 1 N–H and O–H groups in total. The summed E-state index contributed by atoms with van der Waals surface area (Å²) in [6.07, 6.45) is 5.98. The van der Waals surface area contributed by atoms with Crippen molar-refractivity contribution in [1.82, 2.24) is 9.97 Å². The van der Waals surface area contributed by atoms with Crippen LogP contribution in [0.3, 0.4) is 0 Å². The standard InChI is InChI=1S/C19H22N2O2.C15H14N2O2/c1-19(2,3)23-18(22)15-6-7-20-17-5-4-14(9-16(15)17)21-10-12-8-13(12)11-21;18-15(19)12-3-4-16-14-2-1-11(6-13(12)14)17-7-9-5-10(9)8-17/h4-7,9,12-13H,8,10-11H2,1-3H3;1-4,6,9-10H,5,7-8H2,(H,18,19). The number of ether oxygens (including phenoxy) is 1. The minimum absolute atomic E-state index is 0.286. The van der Waals surface area contributed by atoms with Gasteiger partial charge in [0.1, 0.15) is 5.60 Å². The number of carboxylic acid groups (broad SMARTS) is 1. The van der Waals surface area contributed by atoms with Crippen molar-refractivity contribution in [1.29, 1.82) is 0 Å². The minimum Gasteiger partial charge on any atom is -0.478 e. The van der Waals surface area contributed by atoms with Crippen LogP contribution >= 0.6 is 0 Å². The fourth-order valence-corrected chi connectivity index (χ4v) is 6.58. The summed E-state index contributed by atoms with van der Waals surface area (Å²) in [6.45, 7) is 10.1. The van der Waals surface area contributed by atoms with Crippen molar-refractivity contribution in [3.05, 3.63) is 72.1 Å². The van der Waals surface area contributed by atoms with Crippen LogP contribution in [0.2, 0.25) is 0 Å². The van der Waals surface area contributed by atoms with Crippen molar-refractivity contribution in [2.24, 2.45) is 23.7 Å². The number of rotatable bonds is 4. The molecule has 4 atom stereocenters. The first-order valence-electron chi connectivity index (χ1n) is 14.9. The Bertz CT molecular complexity index is 1690. The van der Waals surface area contributed by atoms with Crippen molar-refractivity contribution < 1.29 is 19.4 Å². The Kier molecular flexibility index (Phi) is 6.33. The quantitative estimate of drug-likeness (QED) is 0.300. The van der Waals surface area contributed by atoms with Crippen molar-refractivity contribution in [2.45, 2.75) is 39.2 Å². The van der Waals surface area contributed by atoms with Gasteiger partial charge in [-0.1, -0.05) is 0 Å². The van der Waals surface area contributed by atoms with Gasteiger partial charge in [0.25, 0.3) is 0 Å². The fourth-order valence-electron chi connectivity index (χ4n) is 6.58. The van der Waals surface area contributed by atoms with Crippen LogP contribution in [-0.4, -0.2) is 58.8 Å². The van der Waals surface area contributed by atoms with Gasteiger partial charge in [0.2, 0.25) is 0 Å². The molecule has 4 fully saturated rings. The second-order valence-corrected chi connectivity index (χ2v) is 13.2. The maximum absolute atomic E-state index is 12.5. The Hall–Kier alpha value is -4.20. The fraction of sp³-hybridized carbons (Fsp3) is 0.412. The van der Waals surface area contributed by atoms with Crippen molar-refractivity contribution in [2.75, 3.05) is 36.0 Å². The molecule has 4 unspecified atom stereocenters. The zero-order chi connectivity index (χ0) is 29.2. The summed E-state index contributed by atoms with van der Waals surface area (Å²) in [5.74, 6) is 2.31. The highest BCUT2D eigenvalue weighted by molar-refractivity contribution is 6.04. The van der Waals surface area contributed by atoms with Gasteiger partial charge in [-0.15, -0.1) is 0 Å². The number of aromatic carboxylic acids is 1. The summed E-state index contributed by atoms with van der Waals surface area (Å²) in [7, 11) is 0. The number of benzene rings is 2. The zero-order valence-corrected chi connectivity index (χ0v) is 24.3. The normalized spacial score (nSPS) is 23.7. The molecule has 8 nitrogen and oxygen atoms in total. The molecule has 8 heteroatoms. The van der Waals surface area contributed by atoms with Gasteiger partial charge in [-0.05, 0) is 106 Å². The number of pyridine rings is 2. The van der Waals surface area contributed by atoms with Gasteiger partial charge in [-0.25, -0.2) is 9.59 Å². The highest BCUT2D eigenvalue weighted by Gasteiger charge is 2.45. The average Bonchev–Trinajstić information content (AvgIpc) is 3.80. The first-order valence-corrected chi connectivity index (χ1v) is 14.9. The number of hydrogen-bond donors (Lipinski definition) is 1. The van der Waals surface area contributed by atoms with Crippen molar-refractivity contribution >= 4 is 45.1 Å². The molecule has 0 spiro atoms. The predicted octanol–water partition coefficient (Wildman–Crippen LogP) is 6.04. The van der Waals surface area contributed by atoms with Gasteiger partial charge in [0.05, 0.1) is 22.2 Å². The van der Waals surface area contributed by atoms with Crippen LogP contribution in [0.25, 0.3) is 21.8 Å². The molecule has 2 aliphatic carbocycles. The third-order valence-corrected chi connectivity index (χ3v) is 8.99. The van der Waals surface area contributed by atoms with Crippen LogP contribution in [0.4, 0.5) is 11.4 Å². The molecule has 2 aliphatic heterocycles. The minimum atomic E-state index is -0.895. The van der Waals surface area contributed by atoms with E-state index in [4.69, 9.17) is 4.74 Å². The Morgan fingerprint density at radius 3 is 1.64 bits per heavy atom. The summed E-state index contributed by atoms with van der Waals surface area (Å²) >= 11 is 0. The van der Waals surface area contributed by atoms with Crippen LogP contribution < -0.4 is 9.80 Å². The van der Waals surface area contributed by atoms with E-state index in [1.54, 1.807) is 24.5 Å². The molecule has 42 heavy (non-hydrogen) atoms. The number of piperidine rings is 2. The van der Waals surface area contributed by atoms with E-state index >= 15 is 0 Å². The van der Waals surface area contributed by atoms with E-state index in [1.807, 2.05) is 45.0 Å². The third kappa shape index (κ3) is 5.26. The molecular weight excluding hydrogens is 528 g/mol. The van der Waals surface area contributed by atoms with E-state index in [9.17, 15) is 14.7 Å². The van der Waals surface area contributed by atoms with Crippen LogP contribution in [0, 0.1) is 23.7 Å². The second-order valence-electron chi connectivity index (χ2n) is 13.2. The van der Waals surface area contributed by atoms with E-state index in [-0.39, 0.29) is 5.97 Å². The Morgan fingerprint density at radius 2 is 1.19 bits per heavy atom. The number of anilines is 2. The Morgan fingerprint density at radius 1 is 0.738 bits per heavy atom. The highest BCUT2D eigenvalue weighted by atomic mass is 16.6. The van der Waals surface area contributed by atoms with Crippen LogP contribution in [0.5, 0.6) is 0 Å². The number of nitrogens with zero attached hydrogens (tertiary/aromatic N) is 4. The molecule has 0 amide bonds. The lowest BCUT2D eigenvalue weighted by Gasteiger charge is -2.22. The number of carbonyl (C=O) groups is 2. The molecule has 8 rings (SSSR count). The molecule has 216 valence electrons. The topological polar surface area (TPSA) is 95.9 Å². The summed E-state index contributed by atoms with van der Waals surface area (Å²) in [4.78, 5) is 37.2. The van der Waals surface area contributed by atoms with Crippen molar-refractivity contribution in [3.63, 3.8) is 0 Å². The first kappa shape index (κ1) is 26.7. The molecule has 4 aromatic rings. The van der Waals surface area contributed by atoms with E-state index in [2.05, 4.69) is 31.9 Å². The van der Waals surface area contributed by atoms with E-state index in [0.29, 0.717) is 11.1 Å². The molecule has 2 aromatic carbocycles. The largest absolute Gasteiger partial charge is 0.478 e. The summed E-state index contributed by atoms with van der Waals surface area (Å²) in [6, 6.07) is 15.5. The predicted molar refractivity (Wildman–Crippen MR) is 163 cm³/mol. The zero-order valence-electron chi connectivity index (χ0n) is 24.3. The molecule has 0 bridgehead atoms. The molecule has 4 heterocycles. The Balaban J connectivity index is 0.000000139. The lowest BCUT2D eigenvalue weighted by Crippen LogP contribution is -2.24. The maximum Gasteiger partial charge on any atom is 0.339 e. The Labute approximate surface area is 245 Å². The van der Waals surface area contributed by atoms with Crippen LogP contribution in [0.1, 0.15) is 54.3 Å². The lowest BCUT2D eigenvalue weighted by molar-refractivity contribution is 0.00715. The van der Waals surface area contributed by atoms with Crippen molar-refractivity contribution in [3.8, 4) is 0 Å². The molecule has 4 aliphatic rings. The highest BCUT2D eigenvalue weighted by Crippen LogP contribution is 2.47. The molecule has 0 radical (unpaired) electrons.